The van der Waals surface area contributed by atoms with Crippen molar-refractivity contribution >= 4 is 16.6 Å². The van der Waals surface area contributed by atoms with Gasteiger partial charge >= 0.3 is 0 Å². The van der Waals surface area contributed by atoms with Crippen molar-refractivity contribution in [3.63, 3.8) is 0 Å². The van der Waals surface area contributed by atoms with E-state index in [1.807, 2.05) is 25.1 Å². The minimum Gasteiger partial charge on any atom is -0.493 e. The third-order valence-corrected chi connectivity index (χ3v) is 3.64. The van der Waals surface area contributed by atoms with Gasteiger partial charge in [0.05, 0.1) is 25.1 Å². The van der Waals surface area contributed by atoms with E-state index in [0.717, 1.165) is 10.9 Å². The highest BCUT2D eigenvalue weighted by Gasteiger charge is 2.13. The van der Waals surface area contributed by atoms with Gasteiger partial charge in [-0.2, -0.15) is 0 Å². The molecule has 2 aromatic carbocycles. The number of rotatable bonds is 4. The van der Waals surface area contributed by atoms with Crippen LogP contribution in [-0.4, -0.2) is 24.2 Å². The molecule has 0 saturated heterocycles. The van der Waals surface area contributed by atoms with E-state index in [1.165, 1.54) is 6.33 Å². The molecule has 23 heavy (non-hydrogen) atoms. The largest absolute Gasteiger partial charge is 0.493 e. The van der Waals surface area contributed by atoms with Gasteiger partial charge in [-0.15, -0.1) is 0 Å². The number of anilines is 1. The predicted octanol–water partition coefficient (Wildman–Crippen LogP) is 3.33. The molecule has 0 aliphatic carbocycles. The molecular formula is C17H17N3O3. The lowest BCUT2D eigenvalue weighted by molar-refractivity contribution is 0.355. The second-order valence-corrected chi connectivity index (χ2v) is 4.98. The van der Waals surface area contributed by atoms with E-state index in [2.05, 4.69) is 9.97 Å². The number of hydrogen-bond acceptors (Lipinski definition) is 6. The van der Waals surface area contributed by atoms with Gasteiger partial charge in [0, 0.05) is 17.3 Å². The first-order chi connectivity index (χ1) is 11.1. The standard InChI is InChI=1S/C17H17N3O3/c1-10-12(18)5-4-6-14(10)23-17-11-7-15(21-2)16(22-3)8-13(11)19-9-20-17/h4-9H,18H2,1-3H3. The molecule has 6 nitrogen and oxygen atoms in total. The van der Waals surface area contributed by atoms with Gasteiger partial charge < -0.3 is 19.9 Å². The summed E-state index contributed by atoms with van der Waals surface area (Å²) in [5.74, 6) is 2.28. The van der Waals surface area contributed by atoms with Gasteiger partial charge in [0.2, 0.25) is 5.88 Å². The van der Waals surface area contributed by atoms with Crippen molar-refractivity contribution in [1.29, 1.82) is 0 Å². The van der Waals surface area contributed by atoms with Crippen LogP contribution >= 0.6 is 0 Å². The molecule has 0 aliphatic heterocycles. The van der Waals surface area contributed by atoms with E-state index in [-0.39, 0.29) is 0 Å². The summed E-state index contributed by atoms with van der Waals surface area (Å²) in [6.07, 6.45) is 1.45. The first-order valence-corrected chi connectivity index (χ1v) is 7.03. The Morgan fingerprint density at radius 2 is 1.70 bits per heavy atom. The van der Waals surface area contributed by atoms with Crippen molar-refractivity contribution in [3.8, 4) is 23.1 Å². The van der Waals surface area contributed by atoms with Crippen molar-refractivity contribution in [2.75, 3.05) is 20.0 Å². The molecule has 0 radical (unpaired) electrons. The number of fused-ring (bicyclic) bond motifs is 1. The molecule has 6 heteroatoms. The third-order valence-electron chi connectivity index (χ3n) is 3.64. The highest BCUT2D eigenvalue weighted by Crippen LogP contribution is 2.36. The normalized spacial score (nSPS) is 10.6. The summed E-state index contributed by atoms with van der Waals surface area (Å²) in [6.45, 7) is 1.90. The SMILES string of the molecule is COc1cc2ncnc(Oc3cccc(N)c3C)c2cc1OC. The number of nitrogens with zero attached hydrogens (tertiary/aromatic N) is 2. The predicted molar refractivity (Wildman–Crippen MR) is 88.3 cm³/mol. The number of methoxy groups -OCH3 is 2. The summed E-state index contributed by atoms with van der Waals surface area (Å²) < 4.78 is 16.6. The van der Waals surface area contributed by atoms with E-state index in [1.54, 1.807) is 26.4 Å². The number of ether oxygens (including phenoxy) is 3. The fraction of sp³-hybridized carbons (Fsp3) is 0.176. The van der Waals surface area contributed by atoms with Crippen LogP contribution in [0.2, 0.25) is 0 Å². The first-order valence-electron chi connectivity index (χ1n) is 7.03. The zero-order chi connectivity index (χ0) is 16.4. The monoisotopic (exact) mass is 311 g/mol. The highest BCUT2D eigenvalue weighted by atomic mass is 16.5. The second kappa shape index (κ2) is 6.00. The van der Waals surface area contributed by atoms with Crippen molar-refractivity contribution in [1.82, 2.24) is 9.97 Å². The summed E-state index contributed by atoms with van der Waals surface area (Å²) in [5.41, 5.74) is 8.15. The van der Waals surface area contributed by atoms with Crippen LogP contribution in [0.15, 0.2) is 36.7 Å². The lowest BCUT2D eigenvalue weighted by atomic mass is 10.2. The molecule has 2 N–H and O–H groups in total. The van der Waals surface area contributed by atoms with Crippen LogP contribution in [0, 0.1) is 6.92 Å². The van der Waals surface area contributed by atoms with Gasteiger partial charge in [-0.3, -0.25) is 0 Å². The summed E-state index contributed by atoms with van der Waals surface area (Å²) in [4.78, 5) is 8.49. The topological polar surface area (TPSA) is 79.5 Å². The zero-order valence-electron chi connectivity index (χ0n) is 13.2. The minimum atomic E-state index is 0.435. The number of aromatic nitrogens is 2. The molecule has 1 aromatic heterocycles. The maximum Gasteiger partial charge on any atom is 0.230 e. The Morgan fingerprint density at radius 3 is 2.43 bits per heavy atom. The molecule has 0 bridgehead atoms. The Labute approximate surface area is 133 Å². The second-order valence-electron chi connectivity index (χ2n) is 4.98. The Morgan fingerprint density at radius 1 is 0.957 bits per heavy atom. The van der Waals surface area contributed by atoms with E-state index < -0.39 is 0 Å². The molecular weight excluding hydrogens is 294 g/mol. The molecule has 0 aliphatic rings. The van der Waals surface area contributed by atoms with Gasteiger partial charge in [0.15, 0.2) is 11.5 Å². The fourth-order valence-corrected chi connectivity index (χ4v) is 2.29. The van der Waals surface area contributed by atoms with E-state index in [0.29, 0.717) is 34.3 Å². The van der Waals surface area contributed by atoms with Gasteiger partial charge in [-0.25, -0.2) is 9.97 Å². The summed E-state index contributed by atoms with van der Waals surface area (Å²) >= 11 is 0. The van der Waals surface area contributed by atoms with Gasteiger partial charge in [-0.1, -0.05) is 6.07 Å². The van der Waals surface area contributed by atoms with E-state index >= 15 is 0 Å². The average molecular weight is 311 g/mol. The number of benzene rings is 2. The Balaban J connectivity index is 2.12. The summed E-state index contributed by atoms with van der Waals surface area (Å²) in [6, 6.07) is 9.10. The van der Waals surface area contributed by atoms with Crippen molar-refractivity contribution in [2.24, 2.45) is 0 Å². The molecule has 0 atom stereocenters. The first kappa shape index (κ1) is 14.9. The smallest absolute Gasteiger partial charge is 0.230 e. The van der Waals surface area contributed by atoms with Gasteiger partial charge in [0.25, 0.3) is 0 Å². The van der Waals surface area contributed by atoms with E-state index in [9.17, 15) is 0 Å². The van der Waals surface area contributed by atoms with Gasteiger partial charge in [0.1, 0.15) is 12.1 Å². The number of hydrogen-bond donors (Lipinski definition) is 1. The van der Waals surface area contributed by atoms with Gasteiger partial charge in [-0.05, 0) is 25.1 Å². The molecule has 3 aromatic rings. The van der Waals surface area contributed by atoms with Crippen molar-refractivity contribution < 1.29 is 14.2 Å². The summed E-state index contributed by atoms with van der Waals surface area (Å²) in [7, 11) is 3.16. The van der Waals surface area contributed by atoms with Crippen molar-refractivity contribution in [3.05, 3.63) is 42.2 Å². The molecule has 0 fully saturated rings. The lowest BCUT2D eigenvalue weighted by Crippen LogP contribution is -1.97. The molecule has 118 valence electrons. The highest BCUT2D eigenvalue weighted by molar-refractivity contribution is 5.87. The van der Waals surface area contributed by atoms with Crippen LogP contribution in [0.1, 0.15) is 5.56 Å². The lowest BCUT2D eigenvalue weighted by Gasteiger charge is -2.13. The average Bonchev–Trinajstić information content (AvgIpc) is 2.58. The van der Waals surface area contributed by atoms with Crippen LogP contribution < -0.4 is 19.9 Å². The van der Waals surface area contributed by atoms with Crippen LogP contribution in [0.5, 0.6) is 23.1 Å². The van der Waals surface area contributed by atoms with Crippen LogP contribution in [0.4, 0.5) is 5.69 Å². The molecule has 1 heterocycles. The van der Waals surface area contributed by atoms with E-state index in [4.69, 9.17) is 19.9 Å². The molecule has 0 spiro atoms. The maximum absolute atomic E-state index is 5.95. The Bertz CT molecular complexity index is 865. The van der Waals surface area contributed by atoms with Crippen LogP contribution in [0.3, 0.4) is 0 Å². The zero-order valence-corrected chi connectivity index (χ0v) is 13.2. The molecule has 0 amide bonds. The molecule has 0 saturated carbocycles. The number of nitrogen functional groups attached to an aromatic ring is 1. The minimum absolute atomic E-state index is 0.435. The number of nitrogens with two attached hydrogens (primary N) is 1. The maximum atomic E-state index is 5.95. The third kappa shape index (κ3) is 2.70. The summed E-state index contributed by atoms with van der Waals surface area (Å²) in [5, 5.41) is 0.729. The van der Waals surface area contributed by atoms with Crippen LogP contribution in [0.25, 0.3) is 10.9 Å². The Hall–Kier alpha value is -3.02. The van der Waals surface area contributed by atoms with Crippen molar-refractivity contribution in [2.45, 2.75) is 6.92 Å². The quantitative estimate of drug-likeness (QED) is 0.744. The van der Waals surface area contributed by atoms with Crippen LogP contribution in [-0.2, 0) is 0 Å². The Kier molecular flexibility index (Phi) is 3.89. The fourth-order valence-electron chi connectivity index (χ4n) is 2.29. The molecule has 0 unspecified atom stereocenters. The molecule has 3 rings (SSSR count).